The molecular weight excluding hydrogens is 388 g/mol. The van der Waals surface area contributed by atoms with Crippen molar-refractivity contribution in [3.63, 3.8) is 0 Å². The summed E-state index contributed by atoms with van der Waals surface area (Å²) in [6.07, 6.45) is 1.18. The molecule has 4 rings (SSSR count). The molecule has 31 heavy (non-hydrogen) atoms. The van der Waals surface area contributed by atoms with E-state index in [9.17, 15) is 14.4 Å². The first-order valence-electron chi connectivity index (χ1n) is 10.4. The van der Waals surface area contributed by atoms with Crippen LogP contribution in [0.15, 0.2) is 84.9 Å². The predicted molar refractivity (Wildman–Crippen MR) is 119 cm³/mol. The van der Waals surface area contributed by atoms with Crippen molar-refractivity contribution in [3.05, 3.63) is 107 Å². The molecule has 1 atom stereocenters. The summed E-state index contributed by atoms with van der Waals surface area (Å²) in [6, 6.07) is 25.5. The van der Waals surface area contributed by atoms with Gasteiger partial charge in [0.1, 0.15) is 0 Å². The smallest absolute Gasteiger partial charge is 0.319 e. The number of hydrogen-bond donors (Lipinski definition) is 1. The minimum atomic E-state index is -1.24. The SMILES string of the molecule is CCc1ccc(C(=O)CN2C(=O)NC(Cc3ccccc3)(c3ccccc3)C2=O)cc1. The fraction of sp³-hybridized carbons (Fsp3) is 0.192. The first-order chi connectivity index (χ1) is 15.0. The lowest BCUT2D eigenvalue weighted by molar-refractivity contribution is -0.131. The van der Waals surface area contributed by atoms with E-state index in [4.69, 9.17) is 0 Å². The maximum absolute atomic E-state index is 13.6. The number of carbonyl (C=O) groups excluding carboxylic acids is 3. The molecule has 1 aliphatic heterocycles. The molecule has 5 nitrogen and oxygen atoms in total. The molecule has 3 aromatic rings. The van der Waals surface area contributed by atoms with Gasteiger partial charge in [-0.25, -0.2) is 4.79 Å². The molecular formula is C26H24N2O3. The number of hydrogen-bond acceptors (Lipinski definition) is 3. The Morgan fingerprint density at radius 2 is 1.45 bits per heavy atom. The minimum Gasteiger partial charge on any atom is -0.319 e. The number of aryl methyl sites for hydroxylation is 1. The largest absolute Gasteiger partial charge is 0.325 e. The Kier molecular flexibility index (Phi) is 5.67. The second-order valence-electron chi connectivity index (χ2n) is 7.73. The van der Waals surface area contributed by atoms with Crippen LogP contribution in [0.4, 0.5) is 4.79 Å². The number of ketones is 1. The molecule has 0 spiro atoms. The van der Waals surface area contributed by atoms with Crippen molar-refractivity contribution in [2.24, 2.45) is 0 Å². The summed E-state index contributed by atoms with van der Waals surface area (Å²) in [7, 11) is 0. The molecule has 0 aromatic heterocycles. The number of rotatable bonds is 7. The monoisotopic (exact) mass is 412 g/mol. The number of carbonyl (C=O) groups is 3. The topological polar surface area (TPSA) is 66.5 Å². The van der Waals surface area contributed by atoms with Crippen molar-refractivity contribution in [1.29, 1.82) is 0 Å². The van der Waals surface area contributed by atoms with Crippen LogP contribution in [-0.4, -0.2) is 29.2 Å². The highest BCUT2D eigenvalue weighted by Gasteiger charge is 2.52. The van der Waals surface area contributed by atoms with Gasteiger partial charge >= 0.3 is 6.03 Å². The molecule has 3 aromatic carbocycles. The summed E-state index contributed by atoms with van der Waals surface area (Å²) in [5.41, 5.74) is 1.98. The molecule has 3 amide bonds. The van der Waals surface area contributed by atoms with Gasteiger partial charge in [0, 0.05) is 12.0 Å². The Balaban J connectivity index is 1.64. The van der Waals surface area contributed by atoms with Crippen LogP contribution >= 0.6 is 0 Å². The molecule has 0 saturated carbocycles. The van der Waals surface area contributed by atoms with Gasteiger partial charge in [0.15, 0.2) is 11.3 Å². The van der Waals surface area contributed by atoms with E-state index in [0.717, 1.165) is 22.4 Å². The highest BCUT2D eigenvalue weighted by Crippen LogP contribution is 2.33. The Morgan fingerprint density at radius 3 is 2.06 bits per heavy atom. The van der Waals surface area contributed by atoms with Gasteiger partial charge in [-0.1, -0.05) is 91.9 Å². The zero-order valence-electron chi connectivity index (χ0n) is 17.4. The van der Waals surface area contributed by atoms with Crippen LogP contribution in [0.25, 0.3) is 0 Å². The Morgan fingerprint density at radius 1 is 0.839 bits per heavy atom. The molecule has 1 saturated heterocycles. The normalized spacial score (nSPS) is 18.2. The number of Topliss-reactive ketones (excluding diaryl/α,β-unsaturated/α-hetero) is 1. The summed E-state index contributed by atoms with van der Waals surface area (Å²) in [4.78, 5) is 40.3. The first-order valence-corrected chi connectivity index (χ1v) is 10.4. The lowest BCUT2D eigenvalue weighted by atomic mass is 9.83. The standard InChI is InChI=1S/C26H24N2O3/c1-2-19-13-15-21(16-14-19)23(29)18-28-24(30)26(27-25(28)31,22-11-7-4-8-12-22)17-20-9-5-3-6-10-20/h3-16H,2,17-18H2,1H3,(H,27,31). The summed E-state index contributed by atoms with van der Waals surface area (Å²) in [5, 5.41) is 2.89. The number of urea groups is 1. The van der Waals surface area contributed by atoms with E-state index in [1.807, 2.05) is 79.7 Å². The third-order valence-electron chi connectivity index (χ3n) is 5.74. The zero-order valence-corrected chi connectivity index (χ0v) is 17.4. The molecule has 1 N–H and O–H groups in total. The van der Waals surface area contributed by atoms with Crippen LogP contribution in [0.3, 0.4) is 0 Å². The third-order valence-corrected chi connectivity index (χ3v) is 5.74. The molecule has 0 aliphatic carbocycles. The van der Waals surface area contributed by atoms with E-state index < -0.39 is 17.5 Å². The van der Waals surface area contributed by atoms with E-state index in [2.05, 4.69) is 5.32 Å². The van der Waals surface area contributed by atoms with Crippen molar-refractivity contribution in [1.82, 2.24) is 10.2 Å². The molecule has 1 aliphatic rings. The quantitative estimate of drug-likeness (QED) is 0.469. The van der Waals surface area contributed by atoms with E-state index in [-0.39, 0.29) is 12.3 Å². The Hall–Kier alpha value is -3.73. The zero-order chi connectivity index (χ0) is 21.8. The molecule has 156 valence electrons. The van der Waals surface area contributed by atoms with Gasteiger partial charge in [0.2, 0.25) is 0 Å². The minimum absolute atomic E-state index is 0.269. The number of nitrogens with zero attached hydrogens (tertiary/aromatic N) is 1. The van der Waals surface area contributed by atoms with Crippen LogP contribution in [-0.2, 0) is 23.2 Å². The Labute approximate surface area is 181 Å². The van der Waals surface area contributed by atoms with Crippen molar-refractivity contribution in [3.8, 4) is 0 Å². The summed E-state index contributed by atoms with van der Waals surface area (Å²) in [6.45, 7) is 1.75. The van der Waals surface area contributed by atoms with Crippen molar-refractivity contribution < 1.29 is 14.4 Å². The molecule has 0 bridgehead atoms. The van der Waals surface area contributed by atoms with Crippen LogP contribution in [0.5, 0.6) is 0 Å². The van der Waals surface area contributed by atoms with E-state index >= 15 is 0 Å². The van der Waals surface area contributed by atoms with Crippen molar-refractivity contribution in [2.75, 3.05) is 6.54 Å². The summed E-state index contributed by atoms with van der Waals surface area (Å²) in [5.74, 6) is -0.680. The third kappa shape index (κ3) is 3.99. The van der Waals surface area contributed by atoms with Crippen LogP contribution in [0.2, 0.25) is 0 Å². The second-order valence-corrected chi connectivity index (χ2v) is 7.73. The van der Waals surface area contributed by atoms with Gasteiger partial charge in [0.25, 0.3) is 5.91 Å². The van der Waals surface area contributed by atoms with Gasteiger partial charge in [-0.15, -0.1) is 0 Å². The average Bonchev–Trinajstić information content (AvgIpc) is 3.05. The van der Waals surface area contributed by atoms with Crippen molar-refractivity contribution >= 4 is 17.7 Å². The van der Waals surface area contributed by atoms with E-state index in [1.54, 1.807) is 12.1 Å². The van der Waals surface area contributed by atoms with Gasteiger partial charge < -0.3 is 5.32 Å². The number of nitrogens with one attached hydrogen (secondary N) is 1. The summed E-state index contributed by atoms with van der Waals surface area (Å²) < 4.78 is 0. The van der Waals surface area contributed by atoms with Gasteiger partial charge in [-0.3, -0.25) is 14.5 Å². The lowest BCUT2D eigenvalue weighted by Gasteiger charge is -2.27. The number of benzene rings is 3. The maximum Gasteiger partial charge on any atom is 0.325 e. The lowest BCUT2D eigenvalue weighted by Crippen LogP contribution is -2.46. The maximum atomic E-state index is 13.6. The summed E-state index contributed by atoms with van der Waals surface area (Å²) >= 11 is 0. The molecule has 1 unspecified atom stereocenters. The molecule has 1 fully saturated rings. The van der Waals surface area contributed by atoms with Gasteiger partial charge in [0.05, 0.1) is 6.54 Å². The van der Waals surface area contributed by atoms with Crippen molar-refractivity contribution in [2.45, 2.75) is 25.3 Å². The predicted octanol–water partition coefficient (Wildman–Crippen LogP) is 4.12. The van der Waals surface area contributed by atoms with Gasteiger partial charge in [-0.05, 0) is 23.1 Å². The fourth-order valence-corrected chi connectivity index (χ4v) is 3.97. The number of imide groups is 1. The highest BCUT2D eigenvalue weighted by atomic mass is 16.2. The molecule has 5 heteroatoms. The average molecular weight is 412 g/mol. The van der Waals surface area contributed by atoms with E-state index in [0.29, 0.717) is 17.5 Å². The van der Waals surface area contributed by atoms with E-state index in [1.165, 1.54) is 0 Å². The Bertz CT molecular complexity index is 1090. The molecule has 0 radical (unpaired) electrons. The second kappa shape index (κ2) is 8.56. The van der Waals surface area contributed by atoms with Crippen LogP contribution < -0.4 is 5.32 Å². The molecule has 1 heterocycles. The van der Waals surface area contributed by atoms with Crippen LogP contribution in [0, 0.1) is 0 Å². The highest BCUT2D eigenvalue weighted by molar-refractivity contribution is 6.11. The van der Waals surface area contributed by atoms with Crippen LogP contribution in [0.1, 0.15) is 34.0 Å². The van der Waals surface area contributed by atoms with Gasteiger partial charge in [-0.2, -0.15) is 0 Å². The number of amides is 3. The first kappa shape index (κ1) is 20.5. The fourth-order valence-electron chi connectivity index (χ4n) is 3.97.